The smallest absolute Gasteiger partial charge is 0.222 e. The van der Waals surface area contributed by atoms with E-state index in [0.29, 0.717) is 18.9 Å². The Bertz CT molecular complexity index is 840. The summed E-state index contributed by atoms with van der Waals surface area (Å²) in [7, 11) is 0. The van der Waals surface area contributed by atoms with Gasteiger partial charge in [0.25, 0.3) is 0 Å². The monoisotopic (exact) mass is 350 g/mol. The van der Waals surface area contributed by atoms with Gasteiger partial charge in [0.2, 0.25) is 5.91 Å². The molecular formula is C21H26N4O. The summed E-state index contributed by atoms with van der Waals surface area (Å²) in [6, 6.07) is 8.35. The van der Waals surface area contributed by atoms with Crippen molar-refractivity contribution in [3.63, 3.8) is 0 Å². The minimum absolute atomic E-state index is 0.222. The quantitative estimate of drug-likeness (QED) is 0.794. The van der Waals surface area contributed by atoms with E-state index in [1.54, 1.807) is 0 Å². The molecule has 2 aromatic rings. The lowest BCUT2D eigenvalue weighted by Gasteiger charge is -2.46. The number of anilines is 1. The van der Waals surface area contributed by atoms with Crippen molar-refractivity contribution in [1.29, 1.82) is 0 Å². The summed E-state index contributed by atoms with van der Waals surface area (Å²) in [6.45, 7) is 10.4. The van der Waals surface area contributed by atoms with Gasteiger partial charge in [-0.1, -0.05) is 19.9 Å². The fraction of sp³-hybridized carbons (Fsp3) is 0.429. The zero-order valence-corrected chi connectivity index (χ0v) is 15.6. The molecule has 1 saturated heterocycles. The summed E-state index contributed by atoms with van der Waals surface area (Å²) in [4.78, 5) is 21.8. The van der Waals surface area contributed by atoms with E-state index in [9.17, 15) is 4.79 Å². The highest BCUT2D eigenvalue weighted by molar-refractivity contribution is 5.77. The van der Waals surface area contributed by atoms with Gasteiger partial charge in [0.15, 0.2) is 5.82 Å². The fourth-order valence-corrected chi connectivity index (χ4v) is 4.42. The Morgan fingerprint density at radius 2 is 2.23 bits per heavy atom. The SMILES string of the molecule is C=CCN1c2cccnc2-n2cccc2C12CCN(C(=O)CC(C)C)C2. The highest BCUT2D eigenvalue weighted by Gasteiger charge is 2.50. The maximum Gasteiger partial charge on any atom is 0.222 e. The first kappa shape index (κ1) is 16.9. The van der Waals surface area contributed by atoms with E-state index in [-0.39, 0.29) is 11.4 Å². The van der Waals surface area contributed by atoms with Crippen LogP contribution in [0.15, 0.2) is 49.3 Å². The number of carbonyl (C=O) groups excluding carboxylic acids is 1. The first-order chi connectivity index (χ1) is 12.6. The van der Waals surface area contributed by atoms with Gasteiger partial charge in [-0.2, -0.15) is 0 Å². The Morgan fingerprint density at radius 3 is 3.00 bits per heavy atom. The fourth-order valence-electron chi connectivity index (χ4n) is 4.42. The van der Waals surface area contributed by atoms with Crippen molar-refractivity contribution in [3.05, 3.63) is 55.0 Å². The van der Waals surface area contributed by atoms with E-state index < -0.39 is 0 Å². The molecule has 1 amide bonds. The van der Waals surface area contributed by atoms with Crippen molar-refractivity contribution in [2.75, 3.05) is 24.5 Å². The number of carbonyl (C=O) groups is 1. The van der Waals surface area contributed by atoms with Crippen LogP contribution in [0.25, 0.3) is 5.82 Å². The topological polar surface area (TPSA) is 41.4 Å². The molecule has 0 radical (unpaired) electrons. The second-order valence-corrected chi connectivity index (χ2v) is 7.70. The van der Waals surface area contributed by atoms with Crippen LogP contribution in [0.2, 0.25) is 0 Å². The van der Waals surface area contributed by atoms with E-state index in [1.807, 2.05) is 23.2 Å². The molecule has 2 aliphatic rings. The molecule has 136 valence electrons. The van der Waals surface area contributed by atoms with Crippen LogP contribution in [0.4, 0.5) is 5.69 Å². The molecule has 4 heterocycles. The zero-order valence-electron chi connectivity index (χ0n) is 15.6. The molecule has 0 bridgehead atoms. The lowest BCUT2D eigenvalue weighted by Crippen LogP contribution is -2.52. The van der Waals surface area contributed by atoms with Gasteiger partial charge in [-0.25, -0.2) is 4.98 Å². The molecule has 0 N–H and O–H groups in total. The molecule has 2 aromatic heterocycles. The average Bonchev–Trinajstić information content (AvgIpc) is 3.27. The molecule has 5 nitrogen and oxygen atoms in total. The minimum Gasteiger partial charge on any atom is -0.352 e. The van der Waals surface area contributed by atoms with Crippen molar-refractivity contribution in [1.82, 2.24) is 14.5 Å². The summed E-state index contributed by atoms with van der Waals surface area (Å²) < 4.78 is 2.19. The van der Waals surface area contributed by atoms with E-state index >= 15 is 0 Å². The van der Waals surface area contributed by atoms with Crippen LogP contribution < -0.4 is 4.90 Å². The predicted octanol–water partition coefficient (Wildman–Crippen LogP) is 3.35. The zero-order chi connectivity index (χ0) is 18.3. The van der Waals surface area contributed by atoms with Crippen LogP contribution in [0.1, 0.15) is 32.4 Å². The van der Waals surface area contributed by atoms with Crippen molar-refractivity contribution >= 4 is 11.6 Å². The third kappa shape index (κ3) is 2.45. The van der Waals surface area contributed by atoms with Gasteiger partial charge in [0.1, 0.15) is 5.54 Å². The van der Waals surface area contributed by atoms with Crippen molar-refractivity contribution < 1.29 is 4.79 Å². The predicted molar refractivity (Wildman–Crippen MR) is 103 cm³/mol. The Hall–Kier alpha value is -2.56. The van der Waals surface area contributed by atoms with Gasteiger partial charge in [-0.15, -0.1) is 6.58 Å². The van der Waals surface area contributed by atoms with E-state index in [4.69, 9.17) is 0 Å². The van der Waals surface area contributed by atoms with E-state index in [2.05, 4.69) is 59.3 Å². The molecule has 0 aromatic carbocycles. The average molecular weight is 350 g/mol. The van der Waals surface area contributed by atoms with Crippen LogP contribution in [0.3, 0.4) is 0 Å². The van der Waals surface area contributed by atoms with Gasteiger partial charge in [0, 0.05) is 38.4 Å². The van der Waals surface area contributed by atoms with Gasteiger partial charge in [-0.3, -0.25) is 4.79 Å². The van der Waals surface area contributed by atoms with Crippen LogP contribution in [-0.2, 0) is 10.3 Å². The number of nitrogens with zero attached hydrogens (tertiary/aromatic N) is 4. The normalized spacial score (nSPS) is 21.2. The summed E-state index contributed by atoms with van der Waals surface area (Å²) in [5.74, 6) is 1.58. The lowest BCUT2D eigenvalue weighted by atomic mass is 9.89. The molecule has 1 atom stereocenters. The molecule has 26 heavy (non-hydrogen) atoms. The molecule has 4 rings (SSSR count). The van der Waals surface area contributed by atoms with Gasteiger partial charge in [0.05, 0.1) is 11.4 Å². The van der Waals surface area contributed by atoms with Crippen LogP contribution in [0.5, 0.6) is 0 Å². The third-order valence-electron chi connectivity index (χ3n) is 5.52. The third-order valence-corrected chi connectivity index (χ3v) is 5.52. The number of pyridine rings is 1. The van der Waals surface area contributed by atoms with Crippen molar-refractivity contribution in [2.45, 2.75) is 32.2 Å². The van der Waals surface area contributed by atoms with Crippen LogP contribution >= 0.6 is 0 Å². The summed E-state index contributed by atoms with van der Waals surface area (Å²) >= 11 is 0. The minimum atomic E-state index is -0.222. The first-order valence-electron chi connectivity index (χ1n) is 9.36. The lowest BCUT2D eigenvalue weighted by molar-refractivity contribution is -0.131. The molecule has 5 heteroatoms. The maximum atomic E-state index is 12.7. The molecule has 1 spiro atoms. The second-order valence-electron chi connectivity index (χ2n) is 7.70. The van der Waals surface area contributed by atoms with Crippen LogP contribution in [0, 0.1) is 5.92 Å². The summed E-state index contributed by atoms with van der Waals surface area (Å²) in [5.41, 5.74) is 2.10. The van der Waals surface area contributed by atoms with Gasteiger partial charge < -0.3 is 14.4 Å². The molecule has 1 fully saturated rings. The second kappa shape index (κ2) is 6.31. The Morgan fingerprint density at radius 1 is 1.38 bits per heavy atom. The number of hydrogen-bond donors (Lipinski definition) is 0. The molecule has 2 aliphatic heterocycles. The van der Waals surface area contributed by atoms with Crippen LogP contribution in [-0.4, -0.2) is 40.0 Å². The number of amides is 1. The molecule has 1 unspecified atom stereocenters. The number of fused-ring (bicyclic) bond motifs is 4. The maximum absolute atomic E-state index is 12.7. The first-order valence-corrected chi connectivity index (χ1v) is 9.36. The summed E-state index contributed by atoms with van der Waals surface area (Å²) in [5, 5.41) is 0. The van der Waals surface area contributed by atoms with Crippen molar-refractivity contribution in [3.8, 4) is 5.82 Å². The van der Waals surface area contributed by atoms with Gasteiger partial charge >= 0.3 is 0 Å². The van der Waals surface area contributed by atoms with E-state index in [0.717, 1.165) is 31.0 Å². The number of rotatable bonds is 4. The number of likely N-dealkylation sites (tertiary alicyclic amines) is 1. The standard InChI is InChI=1S/C21H26N4O/c1-4-11-25-17-7-5-10-22-20(17)24-12-6-8-18(24)21(25)9-13-23(15-21)19(26)14-16(2)3/h4-8,10,12,16H,1,9,11,13-15H2,2-3H3. The Kier molecular flexibility index (Phi) is 4.10. The number of aromatic nitrogens is 2. The summed E-state index contributed by atoms with van der Waals surface area (Å²) in [6.07, 6.45) is 7.38. The highest BCUT2D eigenvalue weighted by Crippen LogP contribution is 2.46. The van der Waals surface area contributed by atoms with Gasteiger partial charge in [-0.05, 0) is 36.6 Å². The van der Waals surface area contributed by atoms with Crippen molar-refractivity contribution in [2.24, 2.45) is 5.92 Å². The molecule has 0 saturated carbocycles. The highest BCUT2D eigenvalue weighted by atomic mass is 16.2. The number of hydrogen-bond acceptors (Lipinski definition) is 3. The largest absolute Gasteiger partial charge is 0.352 e. The molecule has 0 aliphatic carbocycles. The Labute approximate surface area is 154 Å². The van der Waals surface area contributed by atoms with E-state index in [1.165, 1.54) is 5.69 Å². The molecular weight excluding hydrogens is 324 g/mol. The Balaban J connectivity index is 1.78.